The third-order valence-electron chi connectivity index (χ3n) is 0.987. The molecule has 3 heteroatoms. The Kier molecular flexibility index (Phi) is 3.64. The molecule has 0 unspecified atom stereocenters. The molecule has 0 aliphatic heterocycles. The Balaban J connectivity index is 3.73. The zero-order valence-corrected chi connectivity index (χ0v) is 8.56. The summed E-state index contributed by atoms with van der Waals surface area (Å²) in [6.07, 6.45) is 0.977. The molecule has 0 saturated carbocycles. The number of nitrogens with zero attached hydrogens (tertiary/aromatic N) is 1. The largest absolute Gasteiger partial charge is 0.456 e. The van der Waals surface area contributed by atoms with E-state index in [0.717, 1.165) is 12.1 Å². The monoisotopic (exact) mass is 159 g/mol. The second-order valence-electron chi connectivity index (χ2n) is 3.38. The van der Waals surface area contributed by atoms with E-state index in [0.29, 0.717) is 0 Å². The third-order valence-corrected chi connectivity index (χ3v) is 1.63. The smallest absolute Gasteiger partial charge is 0.278 e. The Morgan fingerprint density at radius 3 is 2.20 bits per heavy atom. The molecule has 0 radical (unpaired) electrons. The molecule has 0 aromatic rings. The Bertz CT molecular complexity index is 126. The highest BCUT2D eigenvalue weighted by Gasteiger charge is 2.15. The predicted octanol–water partition coefficient (Wildman–Crippen LogP) is 2.62. The molecule has 0 saturated heterocycles. The molecule has 0 atom stereocenters. The van der Waals surface area contributed by atoms with Gasteiger partial charge in [-0.1, -0.05) is 6.92 Å². The molecule has 0 aliphatic carbocycles. The van der Waals surface area contributed by atoms with E-state index in [2.05, 4.69) is 31.7 Å². The number of rotatable bonds is 3. The molecule has 10 heavy (non-hydrogen) atoms. The summed E-state index contributed by atoms with van der Waals surface area (Å²) >= 11 is 0. The molecule has 0 N–H and O–H groups in total. The summed E-state index contributed by atoms with van der Waals surface area (Å²) in [7, 11) is -1.42. The Labute approximate surface area is 64.4 Å². The van der Waals surface area contributed by atoms with Gasteiger partial charge in [-0.3, -0.25) is 0 Å². The standard InChI is InChI=1S/C7H17NOSi/c1-6-7(2)8-9-10(3,4)5/h6H2,1-5H3. The van der Waals surface area contributed by atoms with Crippen molar-refractivity contribution < 1.29 is 4.53 Å². The van der Waals surface area contributed by atoms with E-state index in [9.17, 15) is 0 Å². The van der Waals surface area contributed by atoms with Crippen LogP contribution in [0.1, 0.15) is 20.3 Å². The van der Waals surface area contributed by atoms with Crippen LogP contribution in [0.25, 0.3) is 0 Å². The van der Waals surface area contributed by atoms with Gasteiger partial charge in [-0.15, -0.1) is 5.16 Å². The van der Waals surface area contributed by atoms with Gasteiger partial charge in [0.2, 0.25) is 0 Å². The summed E-state index contributed by atoms with van der Waals surface area (Å²) in [5, 5.41) is 3.99. The normalized spacial score (nSPS) is 13.5. The van der Waals surface area contributed by atoms with Crippen molar-refractivity contribution in [3.05, 3.63) is 0 Å². The molecule has 0 aliphatic rings. The molecule has 0 rings (SSSR count). The van der Waals surface area contributed by atoms with Crippen LogP contribution < -0.4 is 0 Å². The highest BCUT2D eigenvalue weighted by Crippen LogP contribution is 2.03. The lowest BCUT2D eigenvalue weighted by Crippen LogP contribution is -2.22. The highest BCUT2D eigenvalue weighted by molar-refractivity contribution is 6.69. The average Bonchev–Trinajstić information content (AvgIpc) is 1.81. The van der Waals surface area contributed by atoms with Crippen LogP contribution in [-0.2, 0) is 4.53 Å². The highest BCUT2D eigenvalue weighted by atomic mass is 28.4. The van der Waals surface area contributed by atoms with Gasteiger partial charge in [0.15, 0.2) is 0 Å². The first kappa shape index (κ1) is 9.69. The zero-order valence-electron chi connectivity index (χ0n) is 7.56. The van der Waals surface area contributed by atoms with E-state index in [1.807, 2.05) is 6.92 Å². The SMILES string of the molecule is CCC(C)=NO[Si](C)(C)C. The minimum atomic E-state index is -1.42. The molecule has 0 fully saturated rings. The van der Waals surface area contributed by atoms with Crippen molar-refractivity contribution in [1.82, 2.24) is 0 Å². The van der Waals surface area contributed by atoms with E-state index in [1.54, 1.807) is 0 Å². The molecule has 0 spiro atoms. The second kappa shape index (κ2) is 3.76. The van der Waals surface area contributed by atoms with Crippen LogP contribution >= 0.6 is 0 Å². The van der Waals surface area contributed by atoms with Crippen LogP contribution in [0.5, 0.6) is 0 Å². The number of oxime groups is 1. The van der Waals surface area contributed by atoms with E-state index in [-0.39, 0.29) is 0 Å². The van der Waals surface area contributed by atoms with E-state index in [4.69, 9.17) is 4.53 Å². The Morgan fingerprint density at radius 1 is 1.40 bits per heavy atom. The van der Waals surface area contributed by atoms with Crippen LogP contribution in [0.2, 0.25) is 19.6 Å². The summed E-state index contributed by atoms with van der Waals surface area (Å²) in [6, 6.07) is 0. The lowest BCUT2D eigenvalue weighted by atomic mass is 10.3. The summed E-state index contributed by atoms with van der Waals surface area (Å²) < 4.78 is 5.31. The lowest BCUT2D eigenvalue weighted by molar-refractivity contribution is 0.334. The number of hydrogen-bond acceptors (Lipinski definition) is 2. The summed E-state index contributed by atoms with van der Waals surface area (Å²) in [5.41, 5.74) is 1.07. The predicted molar refractivity (Wildman–Crippen MR) is 47.8 cm³/mol. The topological polar surface area (TPSA) is 21.6 Å². The maximum absolute atomic E-state index is 5.31. The van der Waals surface area contributed by atoms with Crippen LogP contribution in [0.3, 0.4) is 0 Å². The first-order valence-corrected chi connectivity index (χ1v) is 7.08. The minimum absolute atomic E-state index is 0.977. The molecule has 0 aromatic carbocycles. The van der Waals surface area contributed by atoms with Gasteiger partial charge >= 0.3 is 0 Å². The molecule has 0 bridgehead atoms. The second-order valence-corrected chi connectivity index (χ2v) is 7.79. The van der Waals surface area contributed by atoms with Crippen molar-refractivity contribution in [2.24, 2.45) is 5.16 Å². The van der Waals surface area contributed by atoms with Crippen molar-refractivity contribution in [2.75, 3.05) is 0 Å². The Hall–Kier alpha value is -0.313. The fourth-order valence-electron chi connectivity index (χ4n) is 0.279. The van der Waals surface area contributed by atoms with Gasteiger partial charge in [0, 0.05) is 0 Å². The van der Waals surface area contributed by atoms with Crippen LogP contribution in [0.4, 0.5) is 0 Å². The van der Waals surface area contributed by atoms with E-state index < -0.39 is 8.32 Å². The lowest BCUT2D eigenvalue weighted by Gasteiger charge is -2.13. The van der Waals surface area contributed by atoms with Crippen molar-refractivity contribution in [1.29, 1.82) is 0 Å². The van der Waals surface area contributed by atoms with Gasteiger partial charge in [0.1, 0.15) is 0 Å². The van der Waals surface area contributed by atoms with Gasteiger partial charge in [-0.05, 0) is 33.0 Å². The number of hydrogen-bond donors (Lipinski definition) is 0. The van der Waals surface area contributed by atoms with Crippen LogP contribution in [-0.4, -0.2) is 14.0 Å². The minimum Gasteiger partial charge on any atom is -0.456 e. The van der Waals surface area contributed by atoms with E-state index >= 15 is 0 Å². The fraction of sp³-hybridized carbons (Fsp3) is 0.857. The van der Waals surface area contributed by atoms with Gasteiger partial charge in [-0.25, -0.2) is 0 Å². The van der Waals surface area contributed by atoms with Crippen molar-refractivity contribution >= 4 is 14.0 Å². The van der Waals surface area contributed by atoms with Crippen LogP contribution in [0.15, 0.2) is 5.16 Å². The molecule has 2 nitrogen and oxygen atoms in total. The molecule has 0 aromatic heterocycles. The van der Waals surface area contributed by atoms with Gasteiger partial charge in [0.25, 0.3) is 8.32 Å². The molecule has 0 heterocycles. The maximum Gasteiger partial charge on any atom is 0.278 e. The third kappa shape index (κ3) is 5.82. The van der Waals surface area contributed by atoms with Crippen molar-refractivity contribution in [3.8, 4) is 0 Å². The first-order chi connectivity index (χ1) is 4.45. The van der Waals surface area contributed by atoms with Crippen molar-refractivity contribution in [3.63, 3.8) is 0 Å². The van der Waals surface area contributed by atoms with Crippen LogP contribution in [0, 0.1) is 0 Å². The van der Waals surface area contributed by atoms with Gasteiger partial charge in [0.05, 0.1) is 5.71 Å². The summed E-state index contributed by atoms with van der Waals surface area (Å²) in [6.45, 7) is 10.4. The molecule has 0 amide bonds. The molecular weight excluding hydrogens is 142 g/mol. The molecular formula is C7H17NOSi. The van der Waals surface area contributed by atoms with Crippen molar-refractivity contribution in [2.45, 2.75) is 39.9 Å². The van der Waals surface area contributed by atoms with Gasteiger partial charge < -0.3 is 4.53 Å². The quantitative estimate of drug-likeness (QED) is 0.352. The summed E-state index contributed by atoms with van der Waals surface area (Å²) in [5.74, 6) is 0. The fourth-order valence-corrected chi connectivity index (χ4v) is 0.709. The zero-order chi connectivity index (χ0) is 8.20. The average molecular weight is 159 g/mol. The first-order valence-electron chi connectivity index (χ1n) is 3.67. The van der Waals surface area contributed by atoms with Gasteiger partial charge in [-0.2, -0.15) is 0 Å². The summed E-state index contributed by atoms with van der Waals surface area (Å²) in [4.78, 5) is 0. The molecule has 60 valence electrons. The van der Waals surface area contributed by atoms with E-state index in [1.165, 1.54) is 0 Å². The maximum atomic E-state index is 5.31. The Morgan fingerprint density at radius 2 is 1.90 bits per heavy atom.